The Morgan fingerprint density at radius 2 is 1.73 bits per heavy atom. The van der Waals surface area contributed by atoms with Gasteiger partial charge in [-0.3, -0.25) is 4.79 Å². The lowest BCUT2D eigenvalue weighted by Gasteiger charge is -2.45. The van der Waals surface area contributed by atoms with Gasteiger partial charge < -0.3 is 23.7 Å². The van der Waals surface area contributed by atoms with E-state index in [0.717, 1.165) is 0 Å². The largest absolute Gasteiger partial charge is 0.496 e. The molecule has 1 aliphatic carbocycles. The quantitative estimate of drug-likeness (QED) is 0.438. The Hall–Kier alpha value is -1.51. The summed E-state index contributed by atoms with van der Waals surface area (Å²) in [5.74, 6) is 0.131. The zero-order chi connectivity index (χ0) is 24.3. The van der Waals surface area contributed by atoms with Gasteiger partial charge in [-0.05, 0) is 29.6 Å². The molecule has 1 aromatic rings. The van der Waals surface area contributed by atoms with Crippen molar-refractivity contribution in [1.82, 2.24) is 0 Å². The number of ketones is 1. The van der Waals surface area contributed by atoms with Crippen molar-refractivity contribution in [3.05, 3.63) is 41.0 Å². The second kappa shape index (κ2) is 8.61. The number of hydrogen-bond donors (Lipinski definition) is 1. The Balaban J connectivity index is 1.66. The number of carbonyl (C=O) groups is 1. The molecule has 2 aliphatic heterocycles. The maximum atomic E-state index is 13.2. The molecule has 2 heterocycles. The summed E-state index contributed by atoms with van der Waals surface area (Å²) in [4.78, 5) is 13.2. The van der Waals surface area contributed by atoms with E-state index in [1.165, 1.54) is 7.11 Å². The van der Waals surface area contributed by atoms with Crippen LogP contribution in [0.4, 0.5) is 0 Å². The summed E-state index contributed by atoms with van der Waals surface area (Å²) in [5.41, 5.74) is 1.13. The normalized spacial score (nSPS) is 31.5. The third-order valence-electron chi connectivity index (χ3n) is 7.82. The predicted molar refractivity (Wildman–Crippen MR) is 129 cm³/mol. The van der Waals surface area contributed by atoms with Gasteiger partial charge in [0.1, 0.15) is 11.9 Å². The van der Waals surface area contributed by atoms with Crippen molar-refractivity contribution in [2.24, 2.45) is 0 Å². The van der Waals surface area contributed by atoms with Gasteiger partial charge in [-0.1, -0.05) is 59.8 Å². The Morgan fingerprint density at radius 1 is 1.09 bits per heavy atom. The van der Waals surface area contributed by atoms with E-state index in [9.17, 15) is 9.90 Å². The number of aliphatic hydroxyl groups is 1. The molecule has 4 rings (SSSR count). The van der Waals surface area contributed by atoms with Crippen molar-refractivity contribution < 1.29 is 28.5 Å². The van der Waals surface area contributed by atoms with E-state index in [2.05, 4.69) is 41.5 Å². The predicted octanol–water partition coefficient (Wildman–Crippen LogP) is 5.10. The molecule has 1 N–H and O–H groups in total. The molecule has 1 aromatic carbocycles. The van der Waals surface area contributed by atoms with Crippen LogP contribution in [0.15, 0.2) is 29.8 Å². The molecule has 1 saturated heterocycles. The van der Waals surface area contributed by atoms with Crippen LogP contribution in [0.5, 0.6) is 5.75 Å². The minimum absolute atomic E-state index is 0.239. The van der Waals surface area contributed by atoms with Crippen LogP contribution in [-0.4, -0.2) is 50.9 Å². The van der Waals surface area contributed by atoms with Crippen LogP contribution in [0, 0.1) is 0 Å². The molecule has 33 heavy (non-hydrogen) atoms. The molecule has 0 bridgehead atoms. The van der Waals surface area contributed by atoms with Gasteiger partial charge in [0.05, 0.1) is 24.9 Å². The Kier molecular flexibility index (Phi) is 6.42. The van der Waals surface area contributed by atoms with Crippen LogP contribution in [0.2, 0.25) is 16.6 Å². The van der Waals surface area contributed by atoms with Crippen molar-refractivity contribution in [2.45, 2.75) is 102 Å². The fraction of sp³-hybridized carbons (Fsp3) is 0.654. The van der Waals surface area contributed by atoms with Gasteiger partial charge in [0, 0.05) is 17.6 Å². The highest BCUT2D eigenvalue weighted by Crippen LogP contribution is 2.53. The first kappa shape index (κ1) is 24.6. The van der Waals surface area contributed by atoms with Gasteiger partial charge in [-0.2, -0.15) is 0 Å². The van der Waals surface area contributed by atoms with Gasteiger partial charge in [0.15, 0.2) is 11.9 Å². The van der Waals surface area contributed by atoms with Crippen LogP contribution in [-0.2, 0) is 19.5 Å². The second-order valence-electron chi connectivity index (χ2n) is 10.6. The number of rotatable bonds is 7. The first-order valence-corrected chi connectivity index (χ1v) is 14.3. The lowest BCUT2D eigenvalue weighted by Crippen LogP contribution is -2.54. The SMILES string of the molecule is COc1cccc2c1C(=O)C2(O)C1=C[C@H](C)O[C@H]2CC(O[Si](C(C)C)(C(C)C)C(C)C)O[C@@H]12. The molecule has 3 aliphatic rings. The molecule has 182 valence electrons. The molecule has 5 atom stereocenters. The molecule has 1 fully saturated rings. The molecule has 6 nitrogen and oxygen atoms in total. The van der Waals surface area contributed by atoms with Gasteiger partial charge >= 0.3 is 0 Å². The van der Waals surface area contributed by atoms with E-state index >= 15 is 0 Å². The summed E-state index contributed by atoms with van der Waals surface area (Å²) < 4.78 is 24.9. The van der Waals surface area contributed by atoms with E-state index in [1.54, 1.807) is 18.2 Å². The number of benzene rings is 1. The van der Waals surface area contributed by atoms with E-state index < -0.39 is 26.3 Å². The number of methoxy groups -OCH3 is 1. The van der Waals surface area contributed by atoms with Gasteiger partial charge in [0.2, 0.25) is 14.1 Å². The first-order chi connectivity index (χ1) is 15.5. The van der Waals surface area contributed by atoms with Gasteiger partial charge in [-0.25, -0.2) is 0 Å². The van der Waals surface area contributed by atoms with Crippen molar-refractivity contribution in [3.8, 4) is 5.75 Å². The lowest BCUT2D eigenvalue weighted by atomic mass is 9.65. The third kappa shape index (κ3) is 3.55. The standard InChI is InChI=1S/C26H38O6Si/c1-14(2)33(15(3)4,16(5)6)32-22-13-21-24(31-22)19(12-17(7)30-21)26(28)18-10-9-11-20(29-8)23(18)25(26)27/h9-12,14-17,21-22,24,28H,13H2,1-8H3/t17-,21-,22?,24-,26?/m0/s1. The van der Waals surface area contributed by atoms with E-state index in [-0.39, 0.29) is 18.0 Å². The third-order valence-corrected chi connectivity index (χ3v) is 13.9. The average molecular weight is 475 g/mol. The number of carbonyl (C=O) groups excluding carboxylic acids is 1. The molecule has 7 heteroatoms. The zero-order valence-electron chi connectivity index (χ0n) is 21.0. The summed E-state index contributed by atoms with van der Waals surface area (Å²) in [5, 5.41) is 11.7. The maximum absolute atomic E-state index is 13.2. The van der Waals surface area contributed by atoms with Crippen molar-refractivity contribution in [1.29, 1.82) is 0 Å². The van der Waals surface area contributed by atoms with E-state index in [1.807, 2.05) is 13.0 Å². The highest BCUT2D eigenvalue weighted by atomic mass is 28.4. The summed E-state index contributed by atoms with van der Waals surface area (Å²) in [7, 11) is -0.636. The number of fused-ring (bicyclic) bond motifs is 2. The fourth-order valence-corrected chi connectivity index (χ4v) is 11.9. The monoisotopic (exact) mass is 474 g/mol. The van der Waals surface area contributed by atoms with Crippen LogP contribution < -0.4 is 4.74 Å². The fourth-order valence-electron chi connectivity index (χ4n) is 6.49. The van der Waals surface area contributed by atoms with Gasteiger partial charge in [-0.15, -0.1) is 0 Å². The summed E-state index contributed by atoms with van der Waals surface area (Å²) in [6.45, 7) is 15.4. The molecular weight excluding hydrogens is 436 g/mol. The van der Waals surface area contributed by atoms with Crippen LogP contribution in [0.3, 0.4) is 0 Å². The molecule has 0 spiro atoms. The van der Waals surface area contributed by atoms with E-state index in [4.69, 9.17) is 18.6 Å². The van der Waals surface area contributed by atoms with Crippen LogP contribution in [0.1, 0.15) is 70.8 Å². The maximum Gasteiger partial charge on any atom is 0.207 e. The number of ether oxygens (including phenoxy) is 3. The second-order valence-corrected chi connectivity index (χ2v) is 16.0. The van der Waals surface area contributed by atoms with Crippen LogP contribution in [0.25, 0.3) is 0 Å². The summed E-state index contributed by atoms with van der Waals surface area (Å²) in [6, 6.07) is 5.32. The Morgan fingerprint density at radius 3 is 2.30 bits per heavy atom. The molecule has 0 amide bonds. The molecule has 0 saturated carbocycles. The topological polar surface area (TPSA) is 74.2 Å². The summed E-state index contributed by atoms with van der Waals surface area (Å²) >= 11 is 0. The first-order valence-electron chi connectivity index (χ1n) is 12.1. The highest BCUT2D eigenvalue weighted by Gasteiger charge is 2.60. The highest BCUT2D eigenvalue weighted by molar-refractivity contribution is 6.77. The average Bonchev–Trinajstić information content (AvgIpc) is 3.16. The zero-order valence-corrected chi connectivity index (χ0v) is 22.0. The van der Waals surface area contributed by atoms with Gasteiger partial charge in [0.25, 0.3) is 0 Å². The number of Topliss-reactive ketones (excluding diaryl/α,β-unsaturated/α-hetero) is 1. The minimum atomic E-state index is -2.17. The van der Waals surface area contributed by atoms with Crippen molar-refractivity contribution >= 4 is 14.1 Å². The lowest BCUT2D eigenvalue weighted by molar-refractivity contribution is -0.0983. The Labute approximate surface area is 198 Å². The van der Waals surface area contributed by atoms with Crippen LogP contribution >= 0.6 is 0 Å². The Bertz CT molecular complexity index is 932. The molecule has 0 radical (unpaired) electrons. The van der Waals surface area contributed by atoms with Crippen molar-refractivity contribution in [3.63, 3.8) is 0 Å². The smallest absolute Gasteiger partial charge is 0.207 e. The summed E-state index contributed by atoms with van der Waals surface area (Å²) in [6.07, 6.45) is 0.963. The van der Waals surface area contributed by atoms with E-state index in [0.29, 0.717) is 45.5 Å². The number of hydrogen-bond acceptors (Lipinski definition) is 6. The molecule has 2 unspecified atom stereocenters. The molecule has 0 aromatic heterocycles. The van der Waals surface area contributed by atoms with Crippen molar-refractivity contribution in [2.75, 3.05) is 7.11 Å². The molecular formula is C26H38O6Si. The minimum Gasteiger partial charge on any atom is -0.496 e.